The molecule has 71 heavy (non-hydrogen) atoms. The maximum atomic E-state index is 12.8. The lowest BCUT2D eigenvalue weighted by molar-refractivity contribution is -0.150. The van der Waals surface area contributed by atoms with Crippen LogP contribution in [0.3, 0.4) is 0 Å². The summed E-state index contributed by atoms with van der Waals surface area (Å²) in [5, 5.41) is 10.6. The first-order chi connectivity index (χ1) is 34.7. The molecule has 0 radical (unpaired) electrons. The van der Waals surface area contributed by atoms with Gasteiger partial charge in [0, 0.05) is 12.8 Å². The Morgan fingerprint density at radius 3 is 1.07 bits per heavy atom. The number of hydrogen-bond donors (Lipinski definition) is 1. The molecule has 7 heteroatoms. The van der Waals surface area contributed by atoms with Crippen molar-refractivity contribution < 1.29 is 28.9 Å². The number of nitrogens with zero attached hydrogens (tertiary/aromatic N) is 1. The predicted octanol–water partition coefficient (Wildman–Crippen LogP) is 19.8. The predicted molar refractivity (Wildman–Crippen MR) is 307 cm³/mol. The van der Waals surface area contributed by atoms with Crippen molar-refractivity contribution in [3.63, 3.8) is 0 Å². The highest BCUT2D eigenvalue weighted by Gasteiger charge is 2.16. The number of aliphatic hydroxyl groups is 1. The molecule has 4 atom stereocenters. The van der Waals surface area contributed by atoms with Crippen molar-refractivity contribution in [2.45, 2.75) is 355 Å². The number of unbranched alkanes of at least 4 members (excludes halogenated alkanes) is 33. The number of esters is 2. The van der Waals surface area contributed by atoms with Crippen molar-refractivity contribution in [3.05, 3.63) is 0 Å². The Labute approximate surface area is 444 Å². The summed E-state index contributed by atoms with van der Waals surface area (Å²) in [7, 11) is 4.12. The topological polar surface area (TPSA) is 85.3 Å². The summed E-state index contributed by atoms with van der Waals surface area (Å²) in [6.07, 6.45) is 58.6. The molecule has 0 bridgehead atoms. The van der Waals surface area contributed by atoms with Gasteiger partial charge in [0.1, 0.15) is 6.10 Å². The Kier molecular flexibility index (Phi) is 55.6. The number of aliphatic hydroxyl groups excluding tert-OH is 1. The van der Waals surface area contributed by atoms with E-state index >= 15 is 0 Å². The third kappa shape index (κ3) is 53.5. The smallest absolute Gasteiger partial charge is 0.306 e. The Balaban J connectivity index is 4.21. The van der Waals surface area contributed by atoms with Gasteiger partial charge in [-0.1, -0.05) is 252 Å². The fourth-order valence-electron chi connectivity index (χ4n) is 10.4. The summed E-state index contributed by atoms with van der Waals surface area (Å²) in [4.78, 5) is 27.5. The fourth-order valence-corrected chi connectivity index (χ4v) is 10.4. The first-order valence-corrected chi connectivity index (χ1v) is 32.0. The molecular weight excluding hydrogens is 879 g/mol. The molecule has 0 aromatic rings. The van der Waals surface area contributed by atoms with Crippen molar-refractivity contribution in [2.24, 2.45) is 11.8 Å². The van der Waals surface area contributed by atoms with Crippen molar-refractivity contribution >= 4 is 11.9 Å². The minimum absolute atomic E-state index is 0.0154. The van der Waals surface area contributed by atoms with Gasteiger partial charge >= 0.3 is 11.9 Å². The number of rotatable bonds is 59. The molecule has 0 saturated carbocycles. The van der Waals surface area contributed by atoms with E-state index in [4.69, 9.17) is 14.2 Å². The van der Waals surface area contributed by atoms with E-state index in [9.17, 15) is 14.7 Å². The van der Waals surface area contributed by atoms with Crippen LogP contribution in [-0.2, 0) is 23.8 Å². The van der Waals surface area contributed by atoms with E-state index in [0.29, 0.717) is 31.3 Å². The Morgan fingerprint density at radius 2 is 0.676 bits per heavy atom. The lowest BCUT2D eigenvalue weighted by atomic mass is 9.95. The molecule has 0 saturated heterocycles. The number of carbonyl (C=O) groups excluding carboxylic acids is 2. The van der Waals surface area contributed by atoms with Crippen LogP contribution >= 0.6 is 0 Å². The molecule has 0 aliphatic rings. The van der Waals surface area contributed by atoms with Crippen LogP contribution in [0, 0.1) is 11.8 Å². The number of carbonyl (C=O) groups is 2. The summed E-state index contributed by atoms with van der Waals surface area (Å²) in [6, 6.07) is 0. The van der Waals surface area contributed by atoms with Crippen LogP contribution in [0.2, 0.25) is 0 Å². The SMILES string of the molecule is CCCCCCCCC(CCCCCC)COC(=O)CCCCCCCCCCCC(CCCCCCCCCCCCC(O)OCC(CCCCCC)CCCCCCCC)OC(=O)CCCN(C)C. The quantitative estimate of drug-likeness (QED) is 0.0369. The first-order valence-electron chi connectivity index (χ1n) is 32.0. The van der Waals surface area contributed by atoms with Crippen LogP contribution in [0.15, 0.2) is 0 Å². The highest BCUT2D eigenvalue weighted by molar-refractivity contribution is 5.69. The van der Waals surface area contributed by atoms with E-state index in [-0.39, 0.29) is 18.0 Å². The van der Waals surface area contributed by atoms with Crippen LogP contribution in [0.4, 0.5) is 0 Å². The summed E-state index contributed by atoms with van der Waals surface area (Å²) in [5.41, 5.74) is 0. The van der Waals surface area contributed by atoms with E-state index < -0.39 is 6.29 Å². The molecular formula is C64H127NO6. The second-order valence-corrected chi connectivity index (χ2v) is 22.9. The van der Waals surface area contributed by atoms with Gasteiger partial charge in [0.2, 0.25) is 0 Å². The van der Waals surface area contributed by atoms with Crippen LogP contribution < -0.4 is 0 Å². The molecule has 0 rings (SSSR count). The Hall–Kier alpha value is -1.18. The van der Waals surface area contributed by atoms with E-state index in [1.54, 1.807) is 0 Å². The molecule has 0 aliphatic carbocycles. The van der Waals surface area contributed by atoms with Crippen LogP contribution in [-0.4, -0.2) is 68.2 Å². The van der Waals surface area contributed by atoms with E-state index in [1.807, 2.05) is 0 Å². The zero-order valence-electron chi connectivity index (χ0n) is 49.0. The largest absolute Gasteiger partial charge is 0.465 e. The molecule has 0 fully saturated rings. The van der Waals surface area contributed by atoms with Crippen molar-refractivity contribution in [1.29, 1.82) is 0 Å². The zero-order chi connectivity index (χ0) is 51.9. The zero-order valence-corrected chi connectivity index (χ0v) is 49.0. The third-order valence-electron chi connectivity index (χ3n) is 15.3. The molecule has 7 nitrogen and oxygen atoms in total. The van der Waals surface area contributed by atoms with Gasteiger partial charge < -0.3 is 24.2 Å². The molecule has 0 heterocycles. The average molecular weight is 1010 g/mol. The van der Waals surface area contributed by atoms with E-state index in [0.717, 1.165) is 70.9 Å². The summed E-state index contributed by atoms with van der Waals surface area (Å²) in [5.74, 6) is 1.15. The Bertz CT molecular complexity index is 1070. The molecule has 424 valence electrons. The number of ether oxygens (including phenoxy) is 3. The lowest BCUT2D eigenvalue weighted by Crippen LogP contribution is -2.20. The summed E-state index contributed by atoms with van der Waals surface area (Å²) >= 11 is 0. The first kappa shape index (κ1) is 69.8. The van der Waals surface area contributed by atoms with Crippen molar-refractivity contribution in [1.82, 2.24) is 4.90 Å². The normalized spacial score (nSPS) is 13.5. The van der Waals surface area contributed by atoms with Crippen molar-refractivity contribution in [2.75, 3.05) is 33.9 Å². The maximum absolute atomic E-state index is 12.8. The van der Waals surface area contributed by atoms with Gasteiger partial charge in [-0.2, -0.15) is 0 Å². The third-order valence-corrected chi connectivity index (χ3v) is 15.3. The van der Waals surface area contributed by atoms with Gasteiger partial charge in [-0.05, 0) is 110 Å². The Morgan fingerprint density at radius 1 is 0.366 bits per heavy atom. The van der Waals surface area contributed by atoms with Gasteiger partial charge in [0.15, 0.2) is 6.29 Å². The standard InChI is InChI=1S/C64H127NO6/c1-7-11-15-19-32-40-49-59(47-38-17-13-9-3)57-69-62(66)53-44-36-30-26-22-21-24-28-34-42-51-61(71-64(68)55-46-56-65(5)6)52-43-35-29-25-23-27-31-37-45-54-63(67)70-58-60(48-39-18-14-10-4)50-41-33-20-16-12-8-2/h59-62,66H,7-58H2,1-6H3. The summed E-state index contributed by atoms with van der Waals surface area (Å²) < 4.78 is 17.9. The van der Waals surface area contributed by atoms with Gasteiger partial charge in [-0.15, -0.1) is 0 Å². The fraction of sp³-hybridized carbons (Fsp3) is 0.969. The van der Waals surface area contributed by atoms with Crippen molar-refractivity contribution in [3.8, 4) is 0 Å². The van der Waals surface area contributed by atoms with Crippen LogP contribution in [0.1, 0.15) is 342 Å². The average Bonchev–Trinajstić information content (AvgIpc) is 3.35. The van der Waals surface area contributed by atoms with Gasteiger partial charge in [-0.3, -0.25) is 9.59 Å². The second kappa shape index (κ2) is 56.5. The molecule has 1 N–H and O–H groups in total. The van der Waals surface area contributed by atoms with Gasteiger partial charge in [0.25, 0.3) is 0 Å². The summed E-state index contributed by atoms with van der Waals surface area (Å²) in [6.45, 7) is 11.4. The molecule has 0 aromatic carbocycles. The van der Waals surface area contributed by atoms with E-state index in [1.165, 1.54) is 244 Å². The van der Waals surface area contributed by atoms with Crippen LogP contribution in [0.25, 0.3) is 0 Å². The monoisotopic (exact) mass is 1010 g/mol. The molecule has 4 unspecified atom stereocenters. The minimum atomic E-state index is -0.598. The molecule has 0 aromatic heterocycles. The number of hydrogen-bond acceptors (Lipinski definition) is 7. The molecule has 0 spiro atoms. The second-order valence-electron chi connectivity index (χ2n) is 22.9. The lowest BCUT2D eigenvalue weighted by Gasteiger charge is -2.20. The highest BCUT2D eigenvalue weighted by atomic mass is 16.6. The van der Waals surface area contributed by atoms with Gasteiger partial charge in [-0.25, -0.2) is 0 Å². The van der Waals surface area contributed by atoms with E-state index in [2.05, 4.69) is 46.7 Å². The van der Waals surface area contributed by atoms with Gasteiger partial charge in [0.05, 0.1) is 13.2 Å². The maximum Gasteiger partial charge on any atom is 0.306 e. The molecule has 0 amide bonds. The van der Waals surface area contributed by atoms with Crippen LogP contribution in [0.5, 0.6) is 0 Å². The minimum Gasteiger partial charge on any atom is -0.465 e. The molecule has 0 aliphatic heterocycles. The highest BCUT2D eigenvalue weighted by Crippen LogP contribution is 2.23.